The van der Waals surface area contributed by atoms with Crippen molar-refractivity contribution in [1.82, 2.24) is 0 Å². The molecule has 1 amide bonds. The van der Waals surface area contributed by atoms with Crippen molar-refractivity contribution in [2.24, 2.45) is 0 Å². The molecule has 2 aromatic rings. The molecule has 1 N–H and O–H groups in total. The van der Waals surface area contributed by atoms with Gasteiger partial charge in [0.15, 0.2) is 18.2 Å². The fourth-order valence-electron chi connectivity index (χ4n) is 3.11. The SMILES string of the molecule is COc1ccc(C(=O)OCC(=O)Nc2ccc(N3CCCCC3)cc2)cc1F. The molecule has 0 saturated carbocycles. The van der Waals surface area contributed by atoms with Crippen LogP contribution in [0, 0.1) is 5.82 Å². The van der Waals surface area contributed by atoms with Crippen molar-refractivity contribution < 1.29 is 23.5 Å². The van der Waals surface area contributed by atoms with Gasteiger partial charge in [0.2, 0.25) is 0 Å². The van der Waals surface area contributed by atoms with Gasteiger partial charge in [-0.25, -0.2) is 9.18 Å². The molecule has 3 rings (SSSR count). The van der Waals surface area contributed by atoms with E-state index in [1.165, 1.54) is 38.5 Å². The minimum Gasteiger partial charge on any atom is -0.494 e. The van der Waals surface area contributed by atoms with Crippen LogP contribution in [0.3, 0.4) is 0 Å². The van der Waals surface area contributed by atoms with Crippen LogP contribution in [0.25, 0.3) is 0 Å². The monoisotopic (exact) mass is 386 g/mol. The van der Waals surface area contributed by atoms with E-state index in [1.54, 1.807) is 0 Å². The predicted molar refractivity (Wildman–Crippen MR) is 104 cm³/mol. The number of methoxy groups -OCH3 is 1. The van der Waals surface area contributed by atoms with Gasteiger partial charge in [0.25, 0.3) is 5.91 Å². The van der Waals surface area contributed by atoms with Crippen LogP contribution in [0.5, 0.6) is 5.75 Å². The van der Waals surface area contributed by atoms with E-state index in [2.05, 4.69) is 10.2 Å². The van der Waals surface area contributed by atoms with E-state index in [0.717, 1.165) is 24.8 Å². The van der Waals surface area contributed by atoms with Crippen LogP contribution in [-0.4, -0.2) is 38.7 Å². The quantitative estimate of drug-likeness (QED) is 0.768. The standard InChI is InChI=1S/C21H23FN2O4/c1-27-19-10-5-15(13-18(19)22)21(26)28-14-20(25)23-16-6-8-17(9-7-16)24-11-3-2-4-12-24/h5-10,13H,2-4,11-12,14H2,1H3,(H,23,25). The lowest BCUT2D eigenvalue weighted by Gasteiger charge is -2.28. The molecule has 1 aliphatic heterocycles. The number of anilines is 2. The van der Waals surface area contributed by atoms with Gasteiger partial charge in [-0.15, -0.1) is 0 Å². The molecule has 0 radical (unpaired) electrons. The highest BCUT2D eigenvalue weighted by molar-refractivity contribution is 5.95. The number of rotatable bonds is 6. The van der Waals surface area contributed by atoms with Crippen molar-refractivity contribution in [2.45, 2.75) is 19.3 Å². The van der Waals surface area contributed by atoms with Crippen LogP contribution in [0.2, 0.25) is 0 Å². The van der Waals surface area contributed by atoms with E-state index in [-0.39, 0.29) is 11.3 Å². The van der Waals surface area contributed by atoms with Gasteiger partial charge >= 0.3 is 5.97 Å². The zero-order valence-corrected chi connectivity index (χ0v) is 15.7. The number of benzene rings is 2. The smallest absolute Gasteiger partial charge is 0.338 e. The molecular weight excluding hydrogens is 363 g/mol. The fraction of sp³-hybridized carbons (Fsp3) is 0.333. The summed E-state index contributed by atoms with van der Waals surface area (Å²) in [7, 11) is 1.33. The van der Waals surface area contributed by atoms with E-state index < -0.39 is 24.3 Å². The Morgan fingerprint density at radius 2 is 1.79 bits per heavy atom. The number of nitrogens with one attached hydrogen (secondary N) is 1. The molecule has 2 aromatic carbocycles. The van der Waals surface area contributed by atoms with E-state index in [1.807, 2.05) is 24.3 Å². The van der Waals surface area contributed by atoms with E-state index in [9.17, 15) is 14.0 Å². The summed E-state index contributed by atoms with van der Waals surface area (Å²) in [6, 6.07) is 11.3. The average Bonchev–Trinajstić information content (AvgIpc) is 2.73. The van der Waals surface area contributed by atoms with E-state index in [4.69, 9.17) is 9.47 Å². The number of carbonyl (C=O) groups is 2. The third-order valence-electron chi connectivity index (χ3n) is 4.59. The van der Waals surface area contributed by atoms with Crippen molar-refractivity contribution in [3.8, 4) is 5.75 Å². The Labute approximate surface area is 163 Å². The van der Waals surface area contributed by atoms with Gasteiger partial charge < -0.3 is 19.7 Å². The largest absolute Gasteiger partial charge is 0.494 e. The molecule has 1 saturated heterocycles. The Morgan fingerprint density at radius 3 is 2.43 bits per heavy atom. The lowest BCUT2D eigenvalue weighted by molar-refractivity contribution is -0.119. The normalized spacial score (nSPS) is 13.7. The number of nitrogens with zero attached hydrogens (tertiary/aromatic N) is 1. The van der Waals surface area contributed by atoms with Gasteiger partial charge in [-0.05, 0) is 61.7 Å². The highest BCUT2D eigenvalue weighted by Crippen LogP contribution is 2.22. The number of amides is 1. The first-order chi connectivity index (χ1) is 13.6. The number of ether oxygens (including phenoxy) is 2. The number of hydrogen-bond donors (Lipinski definition) is 1. The maximum absolute atomic E-state index is 13.6. The summed E-state index contributed by atoms with van der Waals surface area (Å²) < 4.78 is 23.4. The van der Waals surface area contributed by atoms with Crippen LogP contribution in [0.4, 0.5) is 15.8 Å². The van der Waals surface area contributed by atoms with Crippen LogP contribution in [-0.2, 0) is 9.53 Å². The summed E-state index contributed by atoms with van der Waals surface area (Å²) in [6.07, 6.45) is 3.66. The van der Waals surface area contributed by atoms with Crippen LogP contribution < -0.4 is 15.0 Å². The van der Waals surface area contributed by atoms with Crippen molar-refractivity contribution in [3.05, 3.63) is 53.8 Å². The third kappa shape index (κ3) is 5.00. The minimum absolute atomic E-state index is 0.0111. The van der Waals surface area contributed by atoms with Crippen molar-refractivity contribution in [2.75, 3.05) is 37.0 Å². The van der Waals surface area contributed by atoms with Gasteiger partial charge in [-0.3, -0.25) is 4.79 Å². The third-order valence-corrected chi connectivity index (χ3v) is 4.59. The summed E-state index contributed by atoms with van der Waals surface area (Å²) in [5.41, 5.74) is 1.76. The number of carbonyl (C=O) groups excluding carboxylic acids is 2. The summed E-state index contributed by atoms with van der Waals surface area (Å²) in [5, 5.41) is 2.68. The molecule has 0 bridgehead atoms. The lowest BCUT2D eigenvalue weighted by atomic mass is 10.1. The van der Waals surface area contributed by atoms with Crippen LogP contribution >= 0.6 is 0 Å². The second kappa shape index (κ2) is 9.21. The first-order valence-electron chi connectivity index (χ1n) is 9.22. The second-order valence-corrected chi connectivity index (χ2v) is 6.57. The lowest BCUT2D eigenvalue weighted by Crippen LogP contribution is -2.29. The predicted octanol–water partition coefficient (Wildman–Crippen LogP) is 3.62. The summed E-state index contributed by atoms with van der Waals surface area (Å²) >= 11 is 0. The zero-order valence-electron chi connectivity index (χ0n) is 15.7. The van der Waals surface area contributed by atoms with Gasteiger partial charge in [-0.2, -0.15) is 0 Å². The first-order valence-corrected chi connectivity index (χ1v) is 9.22. The molecule has 1 aliphatic rings. The Hall–Kier alpha value is -3.09. The molecular formula is C21H23FN2O4. The maximum Gasteiger partial charge on any atom is 0.338 e. The van der Waals surface area contributed by atoms with E-state index in [0.29, 0.717) is 5.69 Å². The van der Waals surface area contributed by atoms with Gasteiger partial charge in [0.1, 0.15) is 0 Å². The van der Waals surface area contributed by atoms with Crippen molar-refractivity contribution >= 4 is 23.3 Å². The molecule has 1 heterocycles. The van der Waals surface area contributed by atoms with E-state index >= 15 is 0 Å². The Balaban J connectivity index is 1.49. The number of halogens is 1. The Bertz CT molecular complexity index is 833. The average molecular weight is 386 g/mol. The van der Waals surface area contributed by atoms with Crippen molar-refractivity contribution in [1.29, 1.82) is 0 Å². The number of hydrogen-bond acceptors (Lipinski definition) is 5. The molecule has 7 heteroatoms. The van der Waals surface area contributed by atoms with Gasteiger partial charge in [0, 0.05) is 24.5 Å². The highest BCUT2D eigenvalue weighted by Gasteiger charge is 2.14. The summed E-state index contributed by atoms with van der Waals surface area (Å²) in [6.45, 7) is 1.64. The zero-order chi connectivity index (χ0) is 19.9. The molecule has 1 fully saturated rings. The molecule has 6 nitrogen and oxygen atoms in total. The van der Waals surface area contributed by atoms with Crippen molar-refractivity contribution in [3.63, 3.8) is 0 Å². The van der Waals surface area contributed by atoms with Gasteiger partial charge in [0.05, 0.1) is 12.7 Å². The molecule has 28 heavy (non-hydrogen) atoms. The van der Waals surface area contributed by atoms with Gasteiger partial charge in [-0.1, -0.05) is 0 Å². The Kier molecular flexibility index (Phi) is 6.47. The topological polar surface area (TPSA) is 67.9 Å². The fourth-order valence-corrected chi connectivity index (χ4v) is 3.11. The maximum atomic E-state index is 13.6. The highest BCUT2D eigenvalue weighted by atomic mass is 19.1. The van der Waals surface area contributed by atoms with Crippen LogP contribution in [0.1, 0.15) is 29.6 Å². The Morgan fingerprint density at radius 1 is 1.07 bits per heavy atom. The summed E-state index contributed by atoms with van der Waals surface area (Å²) in [4.78, 5) is 26.3. The van der Waals surface area contributed by atoms with Crippen LogP contribution in [0.15, 0.2) is 42.5 Å². The molecule has 0 atom stereocenters. The molecule has 0 unspecified atom stereocenters. The summed E-state index contributed by atoms with van der Waals surface area (Å²) in [5.74, 6) is -1.89. The number of piperidine rings is 1. The molecule has 0 aliphatic carbocycles. The molecule has 148 valence electrons. The first kappa shape index (κ1) is 19.7. The molecule has 0 aromatic heterocycles. The molecule has 0 spiro atoms. The minimum atomic E-state index is -0.780. The second-order valence-electron chi connectivity index (χ2n) is 6.57. The number of esters is 1.